The van der Waals surface area contributed by atoms with Gasteiger partial charge in [-0.25, -0.2) is 4.79 Å². The van der Waals surface area contributed by atoms with E-state index in [1.807, 2.05) is 27.7 Å². The molecule has 1 aromatic rings. The normalized spacial score (nSPS) is 13.0. The Balaban J connectivity index is 0. The van der Waals surface area contributed by atoms with Gasteiger partial charge in [0.05, 0.1) is 6.61 Å². The number of fused-ring (bicyclic) bond motifs is 1. The Labute approximate surface area is 223 Å². The van der Waals surface area contributed by atoms with E-state index in [9.17, 15) is 19.2 Å². The quantitative estimate of drug-likeness (QED) is 0.494. The standard InChI is InChI=1S/C21H26N2O6.C4H10.2C2H6/c1-12-15(18(25)14-9-7-6-8-13(14)17(12)24)10-22-19(26)16(11-28-5)23-20(27)29-21(2,3)4;1-4(2)3;2*1-2/h6-9,16H,10-11H2,1-5H3,(H,22,26)(H,23,27);4H,1-3H3;2*1-2H3. The van der Waals surface area contributed by atoms with E-state index in [0.717, 1.165) is 5.92 Å². The average Bonchev–Trinajstić information content (AvgIpc) is 2.83. The van der Waals surface area contributed by atoms with Gasteiger partial charge in [0.25, 0.3) is 0 Å². The first-order valence-corrected chi connectivity index (χ1v) is 12.9. The van der Waals surface area contributed by atoms with Gasteiger partial charge in [0.15, 0.2) is 11.6 Å². The zero-order valence-corrected chi connectivity index (χ0v) is 24.8. The third-order valence-corrected chi connectivity index (χ3v) is 4.26. The Morgan fingerprint density at radius 1 is 0.919 bits per heavy atom. The maximum atomic E-state index is 12.7. The summed E-state index contributed by atoms with van der Waals surface area (Å²) >= 11 is 0. The molecular weight excluding hydrogens is 472 g/mol. The minimum Gasteiger partial charge on any atom is -0.444 e. The van der Waals surface area contributed by atoms with Crippen LogP contribution in [0.4, 0.5) is 4.79 Å². The molecule has 2 rings (SSSR count). The highest BCUT2D eigenvalue weighted by atomic mass is 16.6. The lowest BCUT2D eigenvalue weighted by Gasteiger charge is -2.23. The van der Waals surface area contributed by atoms with Crippen molar-refractivity contribution in [2.45, 2.75) is 87.8 Å². The van der Waals surface area contributed by atoms with Crippen LogP contribution in [0.25, 0.3) is 0 Å². The lowest BCUT2D eigenvalue weighted by Crippen LogP contribution is -2.51. The van der Waals surface area contributed by atoms with E-state index in [2.05, 4.69) is 31.4 Å². The summed E-state index contributed by atoms with van der Waals surface area (Å²) in [5.41, 5.74) is 0.456. The summed E-state index contributed by atoms with van der Waals surface area (Å²) in [7, 11) is 1.39. The number of nitrogens with one attached hydrogen (secondary N) is 2. The Morgan fingerprint density at radius 2 is 1.38 bits per heavy atom. The van der Waals surface area contributed by atoms with E-state index in [-0.39, 0.29) is 35.9 Å². The second-order valence-corrected chi connectivity index (χ2v) is 9.41. The van der Waals surface area contributed by atoms with Crippen molar-refractivity contribution < 1.29 is 28.7 Å². The van der Waals surface area contributed by atoms with Crippen molar-refractivity contribution in [1.82, 2.24) is 10.6 Å². The SMILES string of the molecule is CC.CC.CC(C)C.COCC(NC(=O)OC(C)(C)C)C(=O)NCC1=C(C)C(=O)c2ccccc2C1=O. The Kier molecular flexibility index (Phi) is 17.9. The molecule has 1 aliphatic carbocycles. The highest BCUT2D eigenvalue weighted by Crippen LogP contribution is 2.25. The summed E-state index contributed by atoms with van der Waals surface area (Å²) in [5.74, 6) is -0.275. The molecule has 0 saturated heterocycles. The van der Waals surface area contributed by atoms with Crippen LogP contribution in [0.15, 0.2) is 35.4 Å². The predicted octanol–water partition coefficient (Wildman–Crippen LogP) is 5.75. The monoisotopic (exact) mass is 520 g/mol. The molecule has 1 atom stereocenters. The molecule has 2 amide bonds. The Hall–Kier alpha value is -3.00. The Morgan fingerprint density at radius 3 is 1.81 bits per heavy atom. The molecule has 0 bridgehead atoms. The number of amides is 2. The van der Waals surface area contributed by atoms with Crippen LogP contribution in [-0.4, -0.2) is 55.5 Å². The molecular formula is C29H48N2O6. The van der Waals surface area contributed by atoms with E-state index in [4.69, 9.17) is 9.47 Å². The number of alkyl carbamates (subject to hydrolysis) is 1. The van der Waals surface area contributed by atoms with Crippen LogP contribution in [0.1, 0.15) is 96.9 Å². The largest absolute Gasteiger partial charge is 0.444 e. The average molecular weight is 521 g/mol. The lowest BCUT2D eigenvalue weighted by atomic mass is 9.84. The first-order valence-electron chi connectivity index (χ1n) is 12.9. The number of rotatable bonds is 6. The summed E-state index contributed by atoms with van der Waals surface area (Å²) in [4.78, 5) is 49.8. The zero-order valence-electron chi connectivity index (χ0n) is 24.8. The zero-order chi connectivity index (χ0) is 29.3. The predicted molar refractivity (Wildman–Crippen MR) is 149 cm³/mol. The third-order valence-electron chi connectivity index (χ3n) is 4.26. The van der Waals surface area contributed by atoms with E-state index >= 15 is 0 Å². The van der Waals surface area contributed by atoms with E-state index in [0.29, 0.717) is 11.1 Å². The first-order chi connectivity index (χ1) is 17.3. The van der Waals surface area contributed by atoms with Crippen LogP contribution in [0.2, 0.25) is 0 Å². The second kappa shape index (κ2) is 18.3. The van der Waals surface area contributed by atoms with Crippen LogP contribution in [0.3, 0.4) is 0 Å². The lowest BCUT2D eigenvalue weighted by molar-refractivity contribution is -0.124. The fourth-order valence-corrected chi connectivity index (χ4v) is 2.86. The molecule has 0 spiro atoms. The molecule has 0 aliphatic heterocycles. The van der Waals surface area contributed by atoms with Gasteiger partial charge >= 0.3 is 6.09 Å². The minimum absolute atomic E-state index is 0.0845. The maximum absolute atomic E-state index is 12.7. The molecule has 37 heavy (non-hydrogen) atoms. The van der Waals surface area contributed by atoms with Crippen molar-refractivity contribution in [3.8, 4) is 0 Å². The van der Waals surface area contributed by atoms with Gasteiger partial charge in [-0.2, -0.15) is 0 Å². The Bertz CT molecular complexity index is 910. The number of Topliss-reactive ketones (excluding diaryl/α,β-unsaturated/α-hetero) is 2. The van der Waals surface area contributed by atoms with Crippen LogP contribution in [0.5, 0.6) is 0 Å². The molecule has 210 valence electrons. The smallest absolute Gasteiger partial charge is 0.408 e. The van der Waals surface area contributed by atoms with Crippen molar-refractivity contribution in [2.75, 3.05) is 20.3 Å². The maximum Gasteiger partial charge on any atom is 0.408 e. The first kappa shape index (κ1) is 36.2. The number of ketones is 2. The van der Waals surface area contributed by atoms with Crippen molar-refractivity contribution >= 4 is 23.6 Å². The van der Waals surface area contributed by atoms with E-state index in [1.165, 1.54) is 7.11 Å². The van der Waals surface area contributed by atoms with Gasteiger partial charge in [0.1, 0.15) is 11.6 Å². The number of carbonyl (C=O) groups excluding carboxylic acids is 4. The summed E-state index contributed by atoms with van der Waals surface area (Å²) < 4.78 is 10.1. The fraction of sp³-hybridized carbons (Fsp3) is 0.586. The molecule has 0 radical (unpaired) electrons. The number of methoxy groups -OCH3 is 1. The molecule has 8 heteroatoms. The molecule has 0 aromatic heterocycles. The van der Waals surface area contributed by atoms with Crippen LogP contribution < -0.4 is 10.6 Å². The third kappa shape index (κ3) is 13.2. The van der Waals surface area contributed by atoms with Gasteiger partial charge in [-0.3, -0.25) is 14.4 Å². The second-order valence-electron chi connectivity index (χ2n) is 9.41. The summed E-state index contributed by atoms with van der Waals surface area (Å²) in [6, 6.07) is 5.55. The highest BCUT2D eigenvalue weighted by Gasteiger charge is 2.30. The minimum atomic E-state index is -1.02. The van der Waals surface area contributed by atoms with Gasteiger partial charge in [-0.15, -0.1) is 0 Å². The molecule has 0 fully saturated rings. The van der Waals surface area contributed by atoms with Crippen LogP contribution in [-0.2, 0) is 14.3 Å². The van der Waals surface area contributed by atoms with E-state index in [1.54, 1.807) is 52.0 Å². The molecule has 1 aliphatic rings. The number of ether oxygens (including phenoxy) is 2. The topological polar surface area (TPSA) is 111 Å². The van der Waals surface area contributed by atoms with Crippen molar-refractivity contribution in [1.29, 1.82) is 0 Å². The number of carbonyl (C=O) groups is 4. The number of benzene rings is 1. The number of hydrogen-bond acceptors (Lipinski definition) is 6. The number of allylic oxidation sites excluding steroid dienone is 1. The van der Waals surface area contributed by atoms with Crippen LogP contribution in [0, 0.1) is 5.92 Å². The molecule has 1 unspecified atom stereocenters. The van der Waals surface area contributed by atoms with Gasteiger partial charge in [-0.1, -0.05) is 72.7 Å². The number of hydrogen-bond donors (Lipinski definition) is 2. The van der Waals surface area contributed by atoms with Gasteiger partial charge in [0.2, 0.25) is 5.91 Å². The molecule has 1 aromatic carbocycles. The van der Waals surface area contributed by atoms with Gasteiger partial charge in [-0.05, 0) is 33.6 Å². The molecule has 0 heterocycles. The molecule has 8 nitrogen and oxygen atoms in total. The molecule has 0 saturated carbocycles. The highest BCUT2D eigenvalue weighted by molar-refractivity contribution is 6.26. The fourth-order valence-electron chi connectivity index (χ4n) is 2.86. The van der Waals surface area contributed by atoms with Crippen molar-refractivity contribution in [3.63, 3.8) is 0 Å². The summed E-state index contributed by atoms with van der Waals surface area (Å²) in [5, 5.41) is 5.04. The summed E-state index contributed by atoms with van der Waals surface area (Å²) in [6.07, 6.45) is -0.761. The van der Waals surface area contributed by atoms with E-state index < -0.39 is 23.6 Å². The summed E-state index contributed by atoms with van der Waals surface area (Å²) in [6.45, 7) is 21.0. The van der Waals surface area contributed by atoms with Crippen molar-refractivity contribution in [2.24, 2.45) is 5.92 Å². The van der Waals surface area contributed by atoms with Gasteiger partial charge in [0, 0.05) is 35.9 Å². The van der Waals surface area contributed by atoms with Crippen molar-refractivity contribution in [3.05, 3.63) is 46.5 Å². The van der Waals surface area contributed by atoms with Crippen LogP contribution >= 0.6 is 0 Å². The molecule has 2 N–H and O–H groups in total. The van der Waals surface area contributed by atoms with Gasteiger partial charge < -0.3 is 20.1 Å².